The third-order valence-corrected chi connectivity index (χ3v) is 2.96. The minimum absolute atomic E-state index is 0. The molecular weight excluding hydrogens is 227 g/mol. The van der Waals surface area contributed by atoms with Crippen molar-refractivity contribution in [1.82, 2.24) is 4.90 Å². The topological polar surface area (TPSA) is 90.1 Å². The Kier molecular flexibility index (Phi) is 9.44. The maximum Gasteiger partial charge on any atom is 0.139 e. The fraction of sp³-hybridized carbons (Fsp3) is 0.462. The summed E-state index contributed by atoms with van der Waals surface area (Å²) < 4.78 is 0. The molecule has 1 aromatic rings. The third kappa shape index (κ3) is 6.54. The quantitative estimate of drug-likeness (QED) is 0.539. The number of hydrogen-bond donors (Lipinski definition) is 1. The van der Waals surface area contributed by atoms with Gasteiger partial charge in [0.05, 0.1) is 0 Å². The number of rotatable bonds is 5. The maximum atomic E-state index is 7.98. The van der Waals surface area contributed by atoms with E-state index >= 15 is 0 Å². The van der Waals surface area contributed by atoms with E-state index < -0.39 is 0 Å². The minimum atomic E-state index is 0. The number of nitrogens with zero attached hydrogens (tertiary/aromatic N) is 1. The van der Waals surface area contributed by atoms with Crippen LogP contribution in [0.1, 0.15) is 18.9 Å². The second kappa shape index (κ2) is 8.86. The highest BCUT2D eigenvalue weighted by Crippen LogP contribution is 2.05. The second-order valence-electron chi connectivity index (χ2n) is 4.78. The molecular formula is C13H25BN2O2. The van der Waals surface area contributed by atoms with Gasteiger partial charge in [0, 0.05) is 24.6 Å². The van der Waals surface area contributed by atoms with Crippen LogP contribution in [0.15, 0.2) is 24.3 Å². The Balaban J connectivity index is 0. The van der Waals surface area contributed by atoms with Gasteiger partial charge in [-0.1, -0.05) is 29.7 Å². The Hall–Kier alpha value is -1.17. The van der Waals surface area contributed by atoms with Gasteiger partial charge < -0.3 is 21.3 Å². The second-order valence-corrected chi connectivity index (χ2v) is 4.78. The highest BCUT2D eigenvalue weighted by Gasteiger charge is 2.08. The Bertz CT molecular complexity index is 353. The SMILES string of the molecule is Bc1ccc(CC(=N)C[C@@H](C)N(C)C)cc1.O.O. The third-order valence-electron chi connectivity index (χ3n) is 2.96. The molecule has 0 fully saturated rings. The van der Waals surface area contributed by atoms with Crippen molar-refractivity contribution in [2.75, 3.05) is 14.1 Å². The highest BCUT2D eigenvalue weighted by atomic mass is 16.0. The van der Waals surface area contributed by atoms with Crippen LogP contribution in [-0.2, 0) is 6.42 Å². The lowest BCUT2D eigenvalue weighted by Crippen LogP contribution is -2.27. The van der Waals surface area contributed by atoms with Gasteiger partial charge >= 0.3 is 0 Å². The van der Waals surface area contributed by atoms with Crippen molar-refractivity contribution in [3.05, 3.63) is 29.8 Å². The Morgan fingerprint density at radius 3 is 2.17 bits per heavy atom. The molecule has 102 valence electrons. The monoisotopic (exact) mass is 252 g/mol. The number of nitrogens with one attached hydrogen (secondary N) is 1. The van der Waals surface area contributed by atoms with Crippen LogP contribution in [0.25, 0.3) is 0 Å². The predicted molar refractivity (Wildman–Crippen MR) is 81.0 cm³/mol. The van der Waals surface area contributed by atoms with Crippen LogP contribution in [0.5, 0.6) is 0 Å². The lowest BCUT2D eigenvalue weighted by Gasteiger charge is -2.19. The molecule has 0 aliphatic carbocycles. The van der Waals surface area contributed by atoms with E-state index in [4.69, 9.17) is 5.41 Å². The van der Waals surface area contributed by atoms with Crippen molar-refractivity contribution in [3.8, 4) is 0 Å². The van der Waals surface area contributed by atoms with Crippen molar-refractivity contribution in [3.63, 3.8) is 0 Å². The lowest BCUT2D eigenvalue weighted by atomic mass is 9.94. The lowest BCUT2D eigenvalue weighted by molar-refractivity contribution is 0.320. The fourth-order valence-electron chi connectivity index (χ4n) is 1.56. The molecule has 5 N–H and O–H groups in total. The Morgan fingerprint density at radius 1 is 1.22 bits per heavy atom. The van der Waals surface area contributed by atoms with E-state index in [1.54, 1.807) is 0 Å². The van der Waals surface area contributed by atoms with Gasteiger partial charge in [-0.25, -0.2) is 0 Å². The summed E-state index contributed by atoms with van der Waals surface area (Å²) in [5.41, 5.74) is 3.32. The van der Waals surface area contributed by atoms with Crippen molar-refractivity contribution >= 4 is 19.0 Å². The van der Waals surface area contributed by atoms with E-state index in [1.807, 2.05) is 0 Å². The molecule has 5 heteroatoms. The molecule has 1 aromatic carbocycles. The zero-order chi connectivity index (χ0) is 12.1. The summed E-state index contributed by atoms with van der Waals surface area (Å²) in [6.45, 7) is 2.16. The van der Waals surface area contributed by atoms with Gasteiger partial charge in [-0.15, -0.1) is 0 Å². The van der Waals surface area contributed by atoms with Crippen LogP contribution in [0.2, 0.25) is 0 Å². The molecule has 0 aliphatic rings. The molecule has 0 unspecified atom stereocenters. The average Bonchev–Trinajstić information content (AvgIpc) is 2.21. The molecule has 0 radical (unpaired) electrons. The summed E-state index contributed by atoms with van der Waals surface area (Å²) in [4.78, 5) is 2.16. The molecule has 0 saturated carbocycles. The van der Waals surface area contributed by atoms with Gasteiger partial charge in [-0.05, 0) is 26.6 Å². The van der Waals surface area contributed by atoms with Gasteiger partial charge in [0.15, 0.2) is 0 Å². The molecule has 18 heavy (non-hydrogen) atoms. The maximum absolute atomic E-state index is 7.98. The van der Waals surface area contributed by atoms with Gasteiger partial charge in [0.2, 0.25) is 0 Å². The number of benzene rings is 1. The van der Waals surface area contributed by atoms with E-state index in [0.29, 0.717) is 6.04 Å². The molecule has 0 saturated heterocycles. The van der Waals surface area contributed by atoms with E-state index in [1.165, 1.54) is 11.0 Å². The summed E-state index contributed by atoms with van der Waals surface area (Å²) in [5, 5.41) is 7.98. The summed E-state index contributed by atoms with van der Waals surface area (Å²) in [7, 11) is 6.21. The van der Waals surface area contributed by atoms with Crippen molar-refractivity contribution in [2.45, 2.75) is 25.8 Å². The normalized spacial score (nSPS) is 11.3. The largest absolute Gasteiger partial charge is 0.412 e. The molecule has 1 rings (SSSR count). The average molecular weight is 252 g/mol. The zero-order valence-corrected chi connectivity index (χ0v) is 11.7. The van der Waals surface area contributed by atoms with Crippen LogP contribution in [0.4, 0.5) is 0 Å². The van der Waals surface area contributed by atoms with Crippen molar-refractivity contribution < 1.29 is 11.0 Å². The number of hydrogen-bond acceptors (Lipinski definition) is 2. The minimum Gasteiger partial charge on any atom is -0.412 e. The van der Waals surface area contributed by atoms with E-state index in [-0.39, 0.29) is 11.0 Å². The van der Waals surface area contributed by atoms with Crippen LogP contribution < -0.4 is 5.46 Å². The summed E-state index contributed by atoms with van der Waals surface area (Å²) >= 11 is 0. The predicted octanol–water partition coefficient (Wildman–Crippen LogP) is -0.802. The first-order valence-corrected chi connectivity index (χ1v) is 5.77. The summed E-state index contributed by atoms with van der Waals surface area (Å²) in [6, 6.07) is 8.89. The Morgan fingerprint density at radius 2 is 1.72 bits per heavy atom. The molecule has 1 atom stereocenters. The van der Waals surface area contributed by atoms with E-state index in [9.17, 15) is 0 Å². The van der Waals surface area contributed by atoms with Crippen LogP contribution in [-0.4, -0.2) is 49.5 Å². The van der Waals surface area contributed by atoms with Crippen molar-refractivity contribution in [2.24, 2.45) is 0 Å². The molecule has 0 bridgehead atoms. The molecule has 0 heterocycles. The van der Waals surface area contributed by atoms with Crippen molar-refractivity contribution in [1.29, 1.82) is 5.41 Å². The first-order chi connectivity index (χ1) is 7.49. The van der Waals surface area contributed by atoms with Gasteiger partial charge in [-0.3, -0.25) is 0 Å². The molecule has 4 nitrogen and oxygen atoms in total. The first-order valence-electron chi connectivity index (χ1n) is 5.77. The van der Waals surface area contributed by atoms with E-state index in [2.05, 4.69) is 58.0 Å². The summed E-state index contributed by atoms with van der Waals surface area (Å²) in [6.07, 6.45) is 1.62. The molecule has 0 aliphatic heterocycles. The highest BCUT2D eigenvalue weighted by molar-refractivity contribution is 6.32. The van der Waals surface area contributed by atoms with Crippen LogP contribution in [0.3, 0.4) is 0 Å². The van der Waals surface area contributed by atoms with Crippen LogP contribution in [0, 0.1) is 5.41 Å². The smallest absolute Gasteiger partial charge is 0.139 e. The fourth-order valence-corrected chi connectivity index (χ4v) is 1.56. The van der Waals surface area contributed by atoms with Gasteiger partial charge in [-0.2, -0.15) is 0 Å². The molecule has 0 amide bonds. The Labute approximate surface area is 111 Å². The molecule has 0 spiro atoms. The standard InChI is InChI=1S/C13H21BN2.2H2O/c1-10(16(2)3)8-13(15)9-11-4-6-12(14)7-5-11;;/h4-7,10,15H,8-9,14H2,1-3H3;2*1H2/t10-;;/m1../s1. The van der Waals surface area contributed by atoms with E-state index in [0.717, 1.165) is 18.6 Å². The van der Waals surface area contributed by atoms with Crippen LogP contribution >= 0.6 is 0 Å². The molecule has 0 aromatic heterocycles. The van der Waals surface area contributed by atoms with Gasteiger partial charge in [0.1, 0.15) is 7.85 Å². The first kappa shape index (κ1) is 19.2. The van der Waals surface area contributed by atoms with Gasteiger partial charge in [0.25, 0.3) is 0 Å². The summed E-state index contributed by atoms with van der Waals surface area (Å²) in [5.74, 6) is 0. The zero-order valence-electron chi connectivity index (χ0n) is 11.7.